The number of halogens is 1. The SMILES string of the molecule is CC(N)c1cccc(OC2CCOC2)c1.Cl. The second-order valence-corrected chi connectivity index (χ2v) is 3.96. The Labute approximate surface area is 102 Å². The highest BCUT2D eigenvalue weighted by atomic mass is 35.5. The summed E-state index contributed by atoms with van der Waals surface area (Å²) in [6.45, 7) is 3.47. The van der Waals surface area contributed by atoms with Crippen LogP contribution < -0.4 is 10.5 Å². The van der Waals surface area contributed by atoms with E-state index >= 15 is 0 Å². The maximum atomic E-state index is 5.81. The van der Waals surface area contributed by atoms with Crippen molar-refractivity contribution in [3.63, 3.8) is 0 Å². The first-order chi connectivity index (χ1) is 7.25. The van der Waals surface area contributed by atoms with Gasteiger partial charge in [0.25, 0.3) is 0 Å². The fraction of sp³-hybridized carbons (Fsp3) is 0.500. The molecule has 2 rings (SSSR count). The van der Waals surface area contributed by atoms with E-state index in [9.17, 15) is 0 Å². The molecule has 1 fully saturated rings. The Kier molecular flexibility index (Phi) is 5.06. The fourth-order valence-corrected chi connectivity index (χ4v) is 1.67. The molecule has 3 nitrogen and oxygen atoms in total. The smallest absolute Gasteiger partial charge is 0.124 e. The van der Waals surface area contributed by atoms with Gasteiger partial charge in [-0.05, 0) is 24.6 Å². The molecule has 0 aromatic heterocycles. The predicted octanol–water partition coefficient (Wildman–Crippen LogP) is 2.30. The Balaban J connectivity index is 0.00000128. The lowest BCUT2D eigenvalue weighted by atomic mass is 10.1. The van der Waals surface area contributed by atoms with E-state index in [1.54, 1.807) is 0 Å². The van der Waals surface area contributed by atoms with Gasteiger partial charge in [0.05, 0.1) is 13.2 Å². The van der Waals surface area contributed by atoms with Gasteiger partial charge in [0, 0.05) is 12.5 Å². The third-order valence-electron chi connectivity index (χ3n) is 2.57. The second kappa shape index (κ2) is 6.09. The number of rotatable bonds is 3. The zero-order chi connectivity index (χ0) is 10.7. The molecule has 16 heavy (non-hydrogen) atoms. The fourth-order valence-electron chi connectivity index (χ4n) is 1.67. The van der Waals surface area contributed by atoms with Crippen molar-refractivity contribution in [2.45, 2.75) is 25.5 Å². The Hall–Kier alpha value is -0.770. The summed E-state index contributed by atoms with van der Waals surface area (Å²) in [5, 5.41) is 0. The lowest BCUT2D eigenvalue weighted by molar-refractivity contribution is 0.141. The van der Waals surface area contributed by atoms with Crippen molar-refractivity contribution in [2.24, 2.45) is 5.73 Å². The van der Waals surface area contributed by atoms with E-state index in [4.69, 9.17) is 15.2 Å². The molecule has 2 N–H and O–H groups in total. The van der Waals surface area contributed by atoms with E-state index in [0.717, 1.165) is 24.3 Å². The molecule has 90 valence electrons. The van der Waals surface area contributed by atoms with E-state index in [2.05, 4.69) is 0 Å². The molecule has 0 spiro atoms. The van der Waals surface area contributed by atoms with E-state index in [-0.39, 0.29) is 24.6 Å². The van der Waals surface area contributed by atoms with Crippen molar-refractivity contribution in [3.05, 3.63) is 29.8 Å². The first kappa shape index (κ1) is 13.3. The summed E-state index contributed by atoms with van der Waals surface area (Å²) in [7, 11) is 0. The van der Waals surface area contributed by atoms with Crippen molar-refractivity contribution < 1.29 is 9.47 Å². The molecule has 0 bridgehead atoms. The van der Waals surface area contributed by atoms with E-state index in [1.165, 1.54) is 0 Å². The van der Waals surface area contributed by atoms with Gasteiger partial charge < -0.3 is 15.2 Å². The average Bonchev–Trinajstić information content (AvgIpc) is 2.71. The number of hydrogen-bond acceptors (Lipinski definition) is 3. The molecular formula is C12H18ClNO2. The van der Waals surface area contributed by atoms with Gasteiger partial charge in [0.1, 0.15) is 11.9 Å². The molecule has 0 amide bonds. The maximum Gasteiger partial charge on any atom is 0.124 e. The molecular weight excluding hydrogens is 226 g/mol. The van der Waals surface area contributed by atoms with Crippen LogP contribution in [0.4, 0.5) is 0 Å². The monoisotopic (exact) mass is 243 g/mol. The van der Waals surface area contributed by atoms with Gasteiger partial charge in [-0.2, -0.15) is 0 Å². The van der Waals surface area contributed by atoms with Crippen LogP contribution in [0.5, 0.6) is 5.75 Å². The lowest BCUT2D eigenvalue weighted by Crippen LogP contribution is -2.16. The largest absolute Gasteiger partial charge is 0.488 e. The topological polar surface area (TPSA) is 44.5 Å². The zero-order valence-corrected chi connectivity index (χ0v) is 10.2. The predicted molar refractivity (Wildman–Crippen MR) is 66.1 cm³/mol. The first-order valence-corrected chi connectivity index (χ1v) is 5.35. The van der Waals surface area contributed by atoms with E-state index < -0.39 is 0 Å². The van der Waals surface area contributed by atoms with Gasteiger partial charge in [-0.1, -0.05) is 12.1 Å². The van der Waals surface area contributed by atoms with Crippen molar-refractivity contribution in [3.8, 4) is 5.75 Å². The van der Waals surface area contributed by atoms with Crippen LogP contribution >= 0.6 is 12.4 Å². The molecule has 0 aliphatic carbocycles. The maximum absolute atomic E-state index is 5.81. The number of benzene rings is 1. The molecule has 1 saturated heterocycles. The third kappa shape index (κ3) is 3.37. The van der Waals surface area contributed by atoms with Crippen LogP contribution in [0.25, 0.3) is 0 Å². The molecule has 2 atom stereocenters. The van der Waals surface area contributed by atoms with Gasteiger partial charge in [-0.25, -0.2) is 0 Å². The molecule has 0 saturated carbocycles. The second-order valence-electron chi connectivity index (χ2n) is 3.96. The summed E-state index contributed by atoms with van der Waals surface area (Å²) in [6.07, 6.45) is 1.18. The van der Waals surface area contributed by atoms with Crippen molar-refractivity contribution in [1.82, 2.24) is 0 Å². The summed E-state index contributed by atoms with van der Waals surface area (Å²) in [6, 6.07) is 8.01. The summed E-state index contributed by atoms with van der Waals surface area (Å²) < 4.78 is 11.0. The quantitative estimate of drug-likeness (QED) is 0.886. The molecule has 1 aromatic rings. The van der Waals surface area contributed by atoms with Gasteiger partial charge in [0.2, 0.25) is 0 Å². The molecule has 0 radical (unpaired) electrons. The standard InChI is InChI=1S/C12H17NO2.ClH/c1-9(13)10-3-2-4-11(7-10)15-12-5-6-14-8-12;/h2-4,7,9,12H,5-6,8,13H2,1H3;1H. The number of ether oxygens (including phenoxy) is 2. The minimum atomic E-state index is 0. The average molecular weight is 244 g/mol. The van der Waals surface area contributed by atoms with Gasteiger partial charge in [0.15, 0.2) is 0 Å². The Morgan fingerprint density at radius 2 is 2.31 bits per heavy atom. The van der Waals surface area contributed by atoms with Gasteiger partial charge in [-0.15, -0.1) is 12.4 Å². The summed E-state index contributed by atoms with van der Waals surface area (Å²) in [4.78, 5) is 0. The van der Waals surface area contributed by atoms with E-state index in [0.29, 0.717) is 6.61 Å². The summed E-state index contributed by atoms with van der Waals surface area (Å²) in [5.41, 5.74) is 6.91. The van der Waals surface area contributed by atoms with E-state index in [1.807, 2.05) is 31.2 Å². The first-order valence-electron chi connectivity index (χ1n) is 5.35. The van der Waals surface area contributed by atoms with Crippen molar-refractivity contribution in [2.75, 3.05) is 13.2 Å². The third-order valence-corrected chi connectivity index (χ3v) is 2.57. The minimum Gasteiger partial charge on any atom is -0.488 e. The molecule has 4 heteroatoms. The Bertz CT molecular complexity index is 325. The highest BCUT2D eigenvalue weighted by molar-refractivity contribution is 5.85. The van der Waals surface area contributed by atoms with Gasteiger partial charge in [-0.3, -0.25) is 0 Å². The van der Waals surface area contributed by atoms with Crippen LogP contribution in [0, 0.1) is 0 Å². The molecule has 1 aliphatic rings. The van der Waals surface area contributed by atoms with Crippen LogP contribution in [0.3, 0.4) is 0 Å². The van der Waals surface area contributed by atoms with Crippen LogP contribution in [0.15, 0.2) is 24.3 Å². The van der Waals surface area contributed by atoms with Crippen LogP contribution in [0.1, 0.15) is 24.9 Å². The summed E-state index contributed by atoms with van der Waals surface area (Å²) >= 11 is 0. The van der Waals surface area contributed by atoms with Crippen LogP contribution in [-0.4, -0.2) is 19.3 Å². The molecule has 1 heterocycles. The number of nitrogens with two attached hydrogens (primary N) is 1. The lowest BCUT2D eigenvalue weighted by Gasteiger charge is -2.13. The van der Waals surface area contributed by atoms with Crippen LogP contribution in [-0.2, 0) is 4.74 Å². The summed E-state index contributed by atoms with van der Waals surface area (Å²) in [5.74, 6) is 0.889. The molecule has 2 unspecified atom stereocenters. The zero-order valence-electron chi connectivity index (χ0n) is 9.39. The molecule has 1 aliphatic heterocycles. The Morgan fingerprint density at radius 1 is 1.50 bits per heavy atom. The highest BCUT2D eigenvalue weighted by Crippen LogP contribution is 2.20. The minimum absolute atomic E-state index is 0. The van der Waals surface area contributed by atoms with Crippen LogP contribution in [0.2, 0.25) is 0 Å². The molecule has 1 aromatic carbocycles. The van der Waals surface area contributed by atoms with Gasteiger partial charge >= 0.3 is 0 Å². The Morgan fingerprint density at radius 3 is 2.94 bits per heavy atom. The highest BCUT2D eigenvalue weighted by Gasteiger charge is 2.17. The normalized spacial score (nSPS) is 21.2. The van der Waals surface area contributed by atoms with Crippen molar-refractivity contribution >= 4 is 12.4 Å². The number of hydrogen-bond donors (Lipinski definition) is 1. The van der Waals surface area contributed by atoms with Crippen molar-refractivity contribution in [1.29, 1.82) is 0 Å².